The maximum Gasteiger partial charge on any atom is 0.174 e. The first-order valence-electron chi connectivity index (χ1n) is 4.27. The highest BCUT2D eigenvalue weighted by molar-refractivity contribution is 9.10. The minimum Gasteiger partial charge on any atom is -0.493 e. The van der Waals surface area contributed by atoms with Gasteiger partial charge in [0, 0.05) is 6.04 Å². The van der Waals surface area contributed by atoms with Crippen molar-refractivity contribution in [2.24, 2.45) is 5.73 Å². The molecule has 4 heteroatoms. The van der Waals surface area contributed by atoms with E-state index in [0.29, 0.717) is 11.5 Å². The molecule has 14 heavy (non-hydrogen) atoms. The summed E-state index contributed by atoms with van der Waals surface area (Å²) in [6.45, 7) is 1.92. The average molecular weight is 260 g/mol. The van der Waals surface area contributed by atoms with Crippen LogP contribution in [-0.4, -0.2) is 14.2 Å². The molecule has 1 rings (SSSR count). The van der Waals surface area contributed by atoms with Crippen LogP contribution < -0.4 is 15.2 Å². The molecule has 78 valence electrons. The van der Waals surface area contributed by atoms with Crippen molar-refractivity contribution < 1.29 is 9.47 Å². The van der Waals surface area contributed by atoms with Gasteiger partial charge in [-0.05, 0) is 40.5 Å². The topological polar surface area (TPSA) is 44.5 Å². The Morgan fingerprint density at radius 1 is 1.29 bits per heavy atom. The summed E-state index contributed by atoms with van der Waals surface area (Å²) in [6, 6.07) is 3.80. The van der Waals surface area contributed by atoms with E-state index < -0.39 is 0 Å². The monoisotopic (exact) mass is 259 g/mol. The maximum absolute atomic E-state index is 5.78. The maximum atomic E-state index is 5.78. The zero-order valence-corrected chi connectivity index (χ0v) is 10.1. The molecular weight excluding hydrogens is 246 g/mol. The van der Waals surface area contributed by atoms with Gasteiger partial charge < -0.3 is 15.2 Å². The highest BCUT2D eigenvalue weighted by Crippen LogP contribution is 2.37. The van der Waals surface area contributed by atoms with Gasteiger partial charge in [0.05, 0.1) is 18.7 Å². The fraction of sp³-hybridized carbons (Fsp3) is 0.400. The van der Waals surface area contributed by atoms with E-state index in [1.165, 1.54) is 0 Å². The lowest BCUT2D eigenvalue weighted by atomic mass is 10.1. The zero-order chi connectivity index (χ0) is 10.7. The van der Waals surface area contributed by atoms with Gasteiger partial charge in [0.15, 0.2) is 11.5 Å². The summed E-state index contributed by atoms with van der Waals surface area (Å²) in [4.78, 5) is 0. The molecular formula is C10H14BrNO2. The Kier molecular flexibility index (Phi) is 3.77. The van der Waals surface area contributed by atoms with Crippen LogP contribution in [0, 0.1) is 0 Å². The average Bonchev–Trinajstić information content (AvgIpc) is 2.16. The molecule has 3 nitrogen and oxygen atoms in total. The third-order valence-corrected chi connectivity index (χ3v) is 2.57. The lowest BCUT2D eigenvalue weighted by molar-refractivity contribution is 0.352. The molecule has 0 spiro atoms. The van der Waals surface area contributed by atoms with Gasteiger partial charge in [-0.25, -0.2) is 0 Å². The molecule has 0 amide bonds. The molecule has 0 aromatic heterocycles. The van der Waals surface area contributed by atoms with Gasteiger partial charge in [-0.15, -0.1) is 0 Å². The number of ether oxygens (including phenoxy) is 2. The quantitative estimate of drug-likeness (QED) is 0.908. The number of nitrogens with two attached hydrogens (primary N) is 1. The second-order valence-electron chi connectivity index (χ2n) is 3.03. The van der Waals surface area contributed by atoms with Crippen LogP contribution in [0.25, 0.3) is 0 Å². The van der Waals surface area contributed by atoms with Crippen molar-refractivity contribution in [1.82, 2.24) is 0 Å². The van der Waals surface area contributed by atoms with Crippen molar-refractivity contribution in [3.8, 4) is 11.5 Å². The Bertz CT molecular complexity index is 326. The van der Waals surface area contributed by atoms with Gasteiger partial charge in [0.25, 0.3) is 0 Å². The number of halogens is 1. The predicted octanol–water partition coefficient (Wildman–Crippen LogP) is 2.49. The molecule has 1 aromatic rings. The standard InChI is InChI=1S/C10H14BrNO2/c1-6(12)7-4-8(11)10(14-3)9(5-7)13-2/h4-6H,12H2,1-3H3/t6-/m1/s1. The molecule has 0 fully saturated rings. The van der Waals surface area contributed by atoms with Crippen LogP contribution in [0.4, 0.5) is 0 Å². The van der Waals surface area contributed by atoms with E-state index in [2.05, 4.69) is 15.9 Å². The minimum absolute atomic E-state index is 0.0221. The SMILES string of the molecule is COc1cc([C@@H](C)N)cc(Br)c1OC. The van der Waals surface area contributed by atoms with Crippen molar-refractivity contribution >= 4 is 15.9 Å². The minimum atomic E-state index is -0.0221. The van der Waals surface area contributed by atoms with Crippen LogP contribution >= 0.6 is 15.9 Å². The van der Waals surface area contributed by atoms with Gasteiger partial charge in [-0.3, -0.25) is 0 Å². The largest absolute Gasteiger partial charge is 0.493 e. The van der Waals surface area contributed by atoms with Crippen molar-refractivity contribution in [2.75, 3.05) is 14.2 Å². The molecule has 0 bridgehead atoms. The number of rotatable bonds is 3. The molecule has 2 N–H and O–H groups in total. The van der Waals surface area contributed by atoms with E-state index in [9.17, 15) is 0 Å². The third kappa shape index (κ3) is 2.19. The van der Waals surface area contributed by atoms with Crippen LogP contribution in [0.15, 0.2) is 16.6 Å². The van der Waals surface area contributed by atoms with E-state index >= 15 is 0 Å². The van der Waals surface area contributed by atoms with Crippen molar-refractivity contribution in [2.45, 2.75) is 13.0 Å². The Balaban J connectivity index is 3.24. The first-order chi connectivity index (χ1) is 6.60. The number of hydrogen-bond acceptors (Lipinski definition) is 3. The molecule has 1 atom stereocenters. The fourth-order valence-corrected chi connectivity index (χ4v) is 1.82. The van der Waals surface area contributed by atoms with Gasteiger partial charge in [-0.1, -0.05) is 0 Å². The van der Waals surface area contributed by atoms with E-state index in [1.807, 2.05) is 19.1 Å². The molecule has 1 aromatic carbocycles. The molecule has 0 heterocycles. The lowest BCUT2D eigenvalue weighted by Gasteiger charge is -2.13. The Labute approximate surface area is 92.3 Å². The van der Waals surface area contributed by atoms with Crippen LogP contribution in [0.1, 0.15) is 18.5 Å². The third-order valence-electron chi connectivity index (χ3n) is 1.98. The predicted molar refractivity (Wildman–Crippen MR) is 59.8 cm³/mol. The molecule has 0 saturated carbocycles. The fourth-order valence-electron chi connectivity index (χ4n) is 1.20. The smallest absolute Gasteiger partial charge is 0.174 e. The van der Waals surface area contributed by atoms with Crippen LogP contribution in [0.5, 0.6) is 11.5 Å². The summed E-state index contributed by atoms with van der Waals surface area (Å²) in [5.41, 5.74) is 6.79. The molecule has 0 unspecified atom stereocenters. The molecule has 0 saturated heterocycles. The van der Waals surface area contributed by atoms with Crippen LogP contribution in [-0.2, 0) is 0 Å². The van der Waals surface area contributed by atoms with Crippen molar-refractivity contribution in [1.29, 1.82) is 0 Å². The second kappa shape index (κ2) is 4.66. The van der Waals surface area contributed by atoms with Gasteiger partial charge in [0.2, 0.25) is 0 Å². The Hall–Kier alpha value is -0.740. The number of hydrogen-bond donors (Lipinski definition) is 1. The second-order valence-corrected chi connectivity index (χ2v) is 3.88. The Morgan fingerprint density at radius 3 is 2.36 bits per heavy atom. The molecule has 0 radical (unpaired) electrons. The van der Waals surface area contributed by atoms with Gasteiger partial charge in [0.1, 0.15) is 0 Å². The summed E-state index contributed by atoms with van der Waals surface area (Å²) in [7, 11) is 3.21. The summed E-state index contributed by atoms with van der Waals surface area (Å²) in [5, 5.41) is 0. The van der Waals surface area contributed by atoms with Crippen molar-refractivity contribution in [3.05, 3.63) is 22.2 Å². The summed E-state index contributed by atoms with van der Waals surface area (Å²) in [6.07, 6.45) is 0. The Morgan fingerprint density at radius 2 is 1.93 bits per heavy atom. The summed E-state index contributed by atoms with van der Waals surface area (Å²) >= 11 is 3.41. The van der Waals surface area contributed by atoms with Gasteiger partial charge >= 0.3 is 0 Å². The van der Waals surface area contributed by atoms with E-state index in [1.54, 1.807) is 14.2 Å². The van der Waals surface area contributed by atoms with E-state index in [4.69, 9.17) is 15.2 Å². The van der Waals surface area contributed by atoms with Gasteiger partial charge in [-0.2, -0.15) is 0 Å². The highest BCUT2D eigenvalue weighted by atomic mass is 79.9. The molecule has 0 aliphatic heterocycles. The summed E-state index contributed by atoms with van der Waals surface area (Å²) < 4.78 is 11.2. The van der Waals surface area contributed by atoms with E-state index in [0.717, 1.165) is 10.0 Å². The van der Waals surface area contributed by atoms with Crippen molar-refractivity contribution in [3.63, 3.8) is 0 Å². The number of methoxy groups -OCH3 is 2. The normalized spacial score (nSPS) is 12.4. The lowest BCUT2D eigenvalue weighted by Crippen LogP contribution is -2.05. The van der Waals surface area contributed by atoms with E-state index in [-0.39, 0.29) is 6.04 Å². The first kappa shape index (κ1) is 11.3. The van der Waals surface area contributed by atoms with Crippen LogP contribution in [0.2, 0.25) is 0 Å². The van der Waals surface area contributed by atoms with Crippen LogP contribution in [0.3, 0.4) is 0 Å². The number of benzene rings is 1. The zero-order valence-electron chi connectivity index (χ0n) is 8.50. The molecule has 0 aliphatic rings. The highest BCUT2D eigenvalue weighted by Gasteiger charge is 2.11. The molecule has 0 aliphatic carbocycles. The summed E-state index contributed by atoms with van der Waals surface area (Å²) in [5.74, 6) is 1.38. The first-order valence-corrected chi connectivity index (χ1v) is 5.06.